The molecule has 1 rings (SSSR count). The van der Waals surface area contributed by atoms with E-state index in [1.165, 1.54) is 19.4 Å². The lowest BCUT2D eigenvalue weighted by molar-refractivity contribution is -0.0185. The number of morpholine rings is 1. The molecular formula is C10H20ClNO. The van der Waals surface area contributed by atoms with E-state index in [2.05, 4.69) is 11.8 Å². The first-order chi connectivity index (χ1) is 6.33. The minimum atomic E-state index is 0.418. The van der Waals surface area contributed by atoms with Crippen LogP contribution in [0.4, 0.5) is 0 Å². The highest BCUT2D eigenvalue weighted by Crippen LogP contribution is 2.06. The molecule has 0 N–H and O–H groups in total. The molecule has 0 spiro atoms. The van der Waals surface area contributed by atoms with Crippen LogP contribution in [0.1, 0.15) is 26.2 Å². The number of ether oxygens (including phenoxy) is 1. The zero-order chi connectivity index (χ0) is 9.52. The quantitative estimate of drug-likeness (QED) is 0.504. The Labute approximate surface area is 86.2 Å². The van der Waals surface area contributed by atoms with Gasteiger partial charge in [0.05, 0.1) is 12.7 Å². The molecule has 78 valence electrons. The monoisotopic (exact) mass is 205 g/mol. The predicted molar refractivity (Wildman–Crippen MR) is 56.4 cm³/mol. The fourth-order valence-electron chi connectivity index (χ4n) is 1.70. The zero-order valence-electron chi connectivity index (χ0n) is 8.47. The summed E-state index contributed by atoms with van der Waals surface area (Å²) >= 11 is 5.61. The zero-order valence-corrected chi connectivity index (χ0v) is 9.22. The Morgan fingerprint density at radius 1 is 1.38 bits per heavy atom. The van der Waals surface area contributed by atoms with Gasteiger partial charge >= 0.3 is 0 Å². The molecule has 1 aliphatic rings. The highest BCUT2D eigenvalue weighted by atomic mass is 35.5. The Hall–Kier alpha value is 0.210. The highest BCUT2D eigenvalue weighted by molar-refractivity contribution is 6.17. The van der Waals surface area contributed by atoms with Crippen molar-refractivity contribution >= 4 is 11.6 Å². The smallest absolute Gasteiger partial charge is 0.0674 e. The van der Waals surface area contributed by atoms with Gasteiger partial charge in [0.1, 0.15) is 0 Å². The summed E-state index contributed by atoms with van der Waals surface area (Å²) in [6.07, 6.45) is 4.11. The van der Waals surface area contributed by atoms with Crippen molar-refractivity contribution < 1.29 is 4.74 Å². The van der Waals surface area contributed by atoms with Crippen molar-refractivity contribution in [2.45, 2.75) is 32.3 Å². The van der Waals surface area contributed by atoms with Gasteiger partial charge in [-0.05, 0) is 26.3 Å². The Morgan fingerprint density at radius 2 is 2.23 bits per heavy atom. The summed E-state index contributed by atoms with van der Waals surface area (Å²) in [6.45, 7) is 6.46. The van der Waals surface area contributed by atoms with Crippen molar-refractivity contribution in [2.75, 3.05) is 32.1 Å². The fraction of sp³-hybridized carbons (Fsp3) is 1.00. The number of halogens is 1. The van der Waals surface area contributed by atoms with E-state index in [4.69, 9.17) is 16.3 Å². The third kappa shape index (κ3) is 4.84. The first-order valence-electron chi connectivity index (χ1n) is 5.23. The number of rotatable bonds is 5. The molecule has 0 aromatic carbocycles. The second-order valence-electron chi connectivity index (χ2n) is 3.73. The Morgan fingerprint density at radius 3 is 2.92 bits per heavy atom. The molecule has 0 amide bonds. The van der Waals surface area contributed by atoms with E-state index in [1.54, 1.807) is 0 Å². The van der Waals surface area contributed by atoms with E-state index < -0.39 is 0 Å². The van der Waals surface area contributed by atoms with Gasteiger partial charge in [0, 0.05) is 19.0 Å². The van der Waals surface area contributed by atoms with Gasteiger partial charge in [0.2, 0.25) is 0 Å². The van der Waals surface area contributed by atoms with Crippen molar-refractivity contribution in [1.29, 1.82) is 0 Å². The molecule has 1 aliphatic heterocycles. The number of hydrogen-bond donors (Lipinski definition) is 0. The molecule has 0 saturated carbocycles. The summed E-state index contributed by atoms with van der Waals surface area (Å²) in [5.41, 5.74) is 0. The molecular weight excluding hydrogens is 186 g/mol. The second kappa shape index (κ2) is 6.63. The summed E-state index contributed by atoms with van der Waals surface area (Å²) in [4.78, 5) is 2.49. The number of hydrogen-bond acceptors (Lipinski definition) is 2. The van der Waals surface area contributed by atoms with Crippen LogP contribution >= 0.6 is 11.6 Å². The lowest BCUT2D eigenvalue weighted by atomic mass is 10.2. The van der Waals surface area contributed by atoms with Crippen LogP contribution in [0.5, 0.6) is 0 Å². The lowest BCUT2D eigenvalue weighted by Crippen LogP contribution is -2.41. The SMILES string of the molecule is CC1CN(CCCCCCl)CCO1. The number of alkyl halides is 1. The summed E-state index contributed by atoms with van der Waals surface area (Å²) in [5.74, 6) is 0.805. The molecule has 3 heteroatoms. The van der Waals surface area contributed by atoms with E-state index >= 15 is 0 Å². The van der Waals surface area contributed by atoms with E-state index in [-0.39, 0.29) is 0 Å². The van der Waals surface area contributed by atoms with Gasteiger partial charge in [-0.15, -0.1) is 11.6 Å². The first-order valence-corrected chi connectivity index (χ1v) is 5.76. The number of unbranched alkanes of at least 4 members (excludes halogenated alkanes) is 2. The average Bonchev–Trinajstić information content (AvgIpc) is 2.13. The molecule has 1 heterocycles. The fourth-order valence-corrected chi connectivity index (χ4v) is 1.89. The molecule has 1 saturated heterocycles. The third-order valence-electron chi connectivity index (χ3n) is 2.43. The van der Waals surface area contributed by atoms with Crippen molar-refractivity contribution in [3.63, 3.8) is 0 Å². The van der Waals surface area contributed by atoms with Crippen LogP contribution in [0, 0.1) is 0 Å². The van der Waals surface area contributed by atoms with Crippen LogP contribution in [0.15, 0.2) is 0 Å². The van der Waals surface area contributed by atoms with Crippen LogP contribution in [-0.4, -0.2) is 43.1 Å². The molecule has 0 radical (unpaired) electrons. The number of nitrogens with zero attached hydrogens (tertiary/aromatic N) is 1. The molecule has 0 aromatic heterocycles. The van der Waals surface area contributed by atoms with Crippen LogP contribution in [0.25, 0.3) is 0 Å². The van der Waals surface area contributed by atoms with Crippen LogP contribution in [0.2, 0.25) is 0 Å². The summed E-state index contributed by atoms with van der Waals surface area (Å²) in [7, 11) is 0. The Bertz CT molecular complexity index is 132. The normalized spacial score (nSPS) is 24.9. The van der Waals surface area contributed by atoms with Gasteiger partial charge in [0.15, 0.2) is 0 Å². The van der Waals surface area contributed by atoms with E-state index in [1.807, 2.05) is 0 Å². The molecule has 0 bridgehead atoms. The van der Waals surface area contributed by atoms with Crippen LogP contribution < -0.4 is 0 Å². The Kier molecular flexibility index (Phi) is 5.76. The molecule has 1 unspecified atom stereocenters. The van der Waals surface area contributed by atoms with Gasteiger partial charge in [-0.1, -0.05) is 6.42 Å². The molecule has 1 fully saturated rings. The maximum atomic E-state index is 5.61. The maximum Gasteiger partial charge on any atom is 0.0674 e. The van der Waals surface area contributed by atoms with Crippen molar-refractivity contribution in [1.82, 2.24) is 4.90 Å². The molecule has 0 aromatic rings. The third-order valence-corrected chi connectivity index (χ3v) is 2.70. The van der Waals surface area contributed by atoms with Gasteiger partial charge < -0.3 is 4.74 Å². The molecule has 13 heavy (non-hydrogen) atoms. The van der Waals surface area contributed by atoms with Crippen LogP contribution in [0.3, 0.4) is 0 Å². The van der Waals surface area contributed by atoms with Crippen LogP contribution in [-0.2, 0) is 4.74 Å². The molecule has 2 nitrogen and oxygen atoms in total. The topological polar surface area (TPSA) is 12.5 Å². The largest absolute Gasteiger partial charge is 0.376 e. The van der Waals surface area contributed by atoms with Gasteiger partial charge in [-0.3, -0.25) is 4.90 Å². The molecule has 0 aliphatic carbocycles. The minimum absolute atomic E-state index is 0.418. The van der Waals surface area contributed by atoms with E-state index in [0.29, 0.717) is 6.10 Å². The van der Waals surface area contributed by atoms with Gasteiger partial charge in [-0.2, -0.15) is 0 Å². The molecule has 1 atom stereocenters. The summed E-state index contributed by atoms with van der Waals surface area (Å²) in [6, 6.07) is 0. The lowest BCUT2D eigenvalue weighted by Gasteiger charge is -2.30. The average molecular weight is 206 g/mol. The van der Waals surface area contributed by atoms with Crippen molar-refractivity contribution in [3.8, 4) is 0 Å². The Balaban J connectivity index is 2.00. The van der Waals surface area contributed by atoms with E-state index in [0.717, 1.165) is 32.0 Å². The van der Waals surface area contributed by atoms with Crippen molar-refractivity contribution in [3.05, 3.63) is 0 Å². The van der Waals surface area contributed by atoms with Gasteiger partial charge in [-0.25, -0.2) is 0 Å². The highest BCUT2D eigenvalue weighted by Gasteiger charge is 2.15. The first kappa shape index (κ1) is 11.3. The minimum Gasteiger partial charge on any atom is -0.376 e. The second-order valence-corrected chi connectivity index (χ2v) is 4.11. The van der Waals surface area contributed by atoms with Gasteiger partial charge in [0.25, 0.3) is 0 Å². The maximum absolute atomic E-state index is 5.61. The summed E-state index contributed by atoms with van der Waals surface area (Å²) in [5, 5.41) is 0. The summed E-state index contributed by atoms with van der Waals surface area (Å²) < 4.78 is 5.47. The van der Waals surface area contributed by atoms with E-state index in [9.17, 15) is 0 Å². The predicted octanol–water partition coefficient (Wildman–Crippen LogP) is 2.12. The van der Waals surface area contributed by atoms with Crippen molar-refractivity contribution in [2.24, 2.45) is 0 Å². The standard InChI is InChI=1S/C10H20ClNO/c1-10-9-12(7-8-13-10)6-4-2-3-5-11/h10H,2-9H2,1H3.